The van der Waals surface area contributed by atoms with Crippen LogP contribution in [0.2, 0.25) is 0 Å². The van der Waals surface area contributed by atoms with Crippen molar-refractivity contribution in [2.75, 3.05) is 13.2 Å². The second-order valence-electron chi connectivity index (χ2n) is 21.0. The predicted molar refractivity (Wildman–Crippen MR) is 303 cm³/mol. The lowest BCUT2D eigenvalue weighted by molar-refractivity contribution is -0.301. The minimum Gasteiger partial charge on any atom is -0.479 e. The Morgan fingerprint density at radius 1 is 0.453 bits per heavy atom. The van der Waals surface area contributed by atoms with Gasteiger partial charge < -0.3 is 39.0 Å². The summed E-state index contributed by atoms with van der Waals surface area (Å²) in [5.74, 6) is -3.20. The molecule has 0 radical (unpaired) electrons. The number of aliphatic hydroxyl groups excluding tert-OH is 2. The first-order valence-electron chi connectivity index (χ1n) is 30.6. The highest BCUT2D eigenvalue weighted by molar-refractivity contribution is 5.74. The summed E-state index contributed by atoms with van der Waals surface area (Å²) in [4.78, 5) is 51.1. The summed E-state index contributed by atoms with van der Waals surface area (Å²) >= 11 is 0. The zero-order valence-corrected chi connectivity index (χ0v) is 47.8. The van der Waals surface area contributed by atoms with E-state index in [1.165, 1.54) is 148 Å². The molecule has 0 saturated carbocycles. The first-order valence-corrected chi connectivity index (χ1v) is 30.6. The number of hydrogen-bond acceptors (Lipinski definition) is 11. The minimum atomic E-state index is -1.91. The Kier molecular flexibility index (Phi) is 47.8. The molecule has 0 aromatic heterocycles. The standard InChI is InChI=1S/C63H110O12/c1-4-7-10-13-16-19-22-25-27-28-30-33-36-39-42-45-48-51-57(66)74-61-59(68)58(67)60(62(69)70)75-63(61)72-53-54(73-56(65)50-47-44-41-38-35-31-24-21-18-15-12-9-6-3)52-71-55(64)49-46-43-40-37-34-32-29-26-23-20-17-14-11-8-5-2/h9,12,18,21,31,35,41,44,54,58-61,63,67-68H,4-8,10-11,13-17,19-20,22-30,32-34,36-40,42-43,45-53H2,1-3H3,(H,69,70)/b12-9-,21-18-,35-31-,44-41-. The van der Waals surface area contributed by atoms with Crippen molar-refractivity contribution in [3.05, 3.63) is 48.6 Å². The maximum absolute atomic E-state index is 13.1. The van der Waals surface area contributed by atoms with Crippen LogP contribution in [0.4, 0.5) is 0 Å². The average Bonchev–Trinajstić information content (AvgIpc) is 3.39. The third kappa shape index (κ3) is 41.5. The highest BCUT2D eigenvalue weighted by Gasteiger charge is 2.50. The van der Waals surface area contributed by atoms with Gasteiger partial charge in [0.15, 0.2) is 24.6 Å². The van der Waals surface area contributed by atoms with Gasteiger partial charge in [0, 0.05) is 19.3 Å². The van der Waals surface area contributed by atoms with Gasteiger partial charge in [-0.05, 0) is 44.9 Å². The van der Waals surface area contributed by atoms with Gasteiger partial charge >= 0.3 is 23.9 Å². The number of carbonyl (C=O) groups excluding carboxylic acids is 3. The monoisotopic (exact) mass is 1060 g/mol. The van der Waals surface area contributed by atoms with Gasteiger partial charge in [0.05, 0.1) is 6.61 Å². The van der Waals surface area contributed by atoms with Crippen LogP contribution in [0.25, 0.3) is 0 Å². The molecule has 3 N–H and O–H groups in total. The molecule has 1 saturated heterocycles. The molecular weight excluding hydrogens is 949 g/mol. The topological polar surface area (TPSA) is 175 Å². The second-order valence-corrected chi connectivity index (χ2v) is 21.0. The molecule has 12 nitrogen and oxygen atoms in total. The highest BCUT2D eigenvalue weighted by Crippen LogP contribution is 2.27. The predicted octanol–water partition coefficient (Wildman–Crippen LogP) is 15.8. The SMILES string of the molecule is CC/C=C\C/C=C\C/C=C\C/C=C\CCC(=O)OC(COC(=O)CCCCCCCCCCCCCCCCC)COC1OC(C(=O)O)C(O)C(O)C1OC(=O)CCCCCCCCCCCCCCCCCCC. The normalized spacial score (nSPS) is 18.4. The Morgan fingerprint density at radius 2 is 0.840 bits per heavy atom. The number of aliphatic hydroxyl groups is 2. The van der Waals surface area contributed by atoms with Crippen molar-refractivity contribution in [3.63, 3.8) is 0 Å². The first-order chi connectivity index (χ1) is 36.6. The zero-order valence-electron chi connectivity index (χ0n) is 47.8. The fraction of sp³-hybridized carbons (Fsp3) is 0.810. The van der Waals surface area contributed by atoms with E-state index < -0.39 is 67.3 Å². The van der Waals surface area contributed by atoms with Gasteiger partial charge in [-0.15, -0.1) is 0 Å². The van der Waals surface area contributed by atoms with Crippen molar-refractivity contribution in [1.29, 1.82) is 0 Å². The number of carboxylic acids is 1. The Labute approximate surface area is 456 Å². The number of esters is 3. The summed E-state index contributed by atoms with van der Waals surface area (Å²) in [6.45, 7) is 5.85. The number of aliphatic carboxylic acids is 1. The number of unbranched alkanes of at least 4 members (excludes halogenated alkanes) is 30. The minimum absolute atomic E-state index is 0.0450. The summed E-state index contributed by atoms with van der Waals surface area (Å²) in [5.41, 5.74) is 0. The lowest BCUT2D eigenvalue weighted by Gasteiger charge is -2.40. The Morgan fingerprint density at radius 3 is 1.25 bits per heavy atom. The summed E-state index contributed by atoms with van der Waals surface area (Å²) in [6.07, 6.45) is 49.6. The zero-order chi connectivity index (χ0) is 54.7. The molecule has 75 heavy (non-hydrogen) atoms. The molecule has 0 bridgehead atoms. The molecule has 6 atom stereocenters. The number of carbonyl (C=O) groups is 4. The van der Waals surface area contributed by atoms with Gasteiger partial charge in [-0.25, -0.2) is 4.79 Å². The molecule has 0 aromatic carbocycles. The number of rotatable bonds is 52. The number of carboxylic acid groups (broad SMARTS) is 1. The van der Waals surface area contributed by atoms with E-state index in [1.807, 2.05) is 12.2 Å². The van der Waals surface area contributed by atoms with Gasteiger partial charge in [-0.1, -0.05) is 262 Å². The van der Waals surface area contributed by atoms with Crippen LogP contribution in [0.3, 0.4) is 0 Å². The number of hydrogen-bond donors (Lipinski definition) is 3. The van der Waals surface area contributed by atoms with E-state index in [2.05, 4.69) is 57.2 Å². The van der Waals surface area contributed by atoms with Crippen molar-refractivity contribution in [3.8, 4) is 0 Å². The van der Waals surface area contributed by atoms with Crippen molar-refractivity contribution >= 4 is 23.9 Å². The number of allylic oxidation sites excluding steroid dienone is 8. The van der Waals surface area contributed by atoms with Crippen LogP contribution in [0.15, 0.2) is 48.6 Å². The van der Waals surface area contributed by atoms with Crippen molar-refractivity contribution in [2.24, 2.45) is 0 Å². The smallest absolute Gasteiger partial charge is 0.335 e. The molecule has 1 rings (SSSR count). The van der Waals surface area contributed by atoms with Crippen LogP contribution in [-0.4, -0.2) is 89.2 Å². The average molecular weight is 1060 g/mol. The first kappa shape index (κ1) is 69.7. The van der Waals surface area contributed by atoms with Crippen molar-refractivity contribution in [1.82, 2.24) is 0 Å². The molecule has 12 heteroatoms. The fourth-order valence-corrected chi connectivity index (χ4v) is 9.27. The summed E-state index contributed by atoms with van der Waals surface area (Å²) in [5, 5.41) is 31.5. The lowest BCUT2D eigenvalue weighted by Crippen LogP contribution is -2.61. The molecule has 0 spiro atoms. The van der Waals surface area contributed by atoms with Crippen LogP contribution in [0.1, 0.15) is 278 Å². The van der Waals surface area contributed by atoms with E-state index in [0.29, 0.717) is 19.3 Å². The highest BCUT2D eigenvalue weighted by atomic mass is 16.7. The molecule has 1 aliphatic rings. The van der Waals surface area contributed by atoms with Gasteiger partial charge in [0.2, 0.25) is 0 Å². The van der Waals surface area contributed by atoms with E-state index in [4.69, 9.17) is 23.7 Å². The Balaban J connectivity index is 2.68. The third-order valence-corrected chi connectivity index (χ3v) is 13.9. The number of ether oxygens (including phenoxy) is 5. The van der Waals surface area contributed by atoms with Gasteiger partial charge in [-0.2, -0.15) is 0 Å². The molecule has 6 unspecified atom stereocenters. The van der Waals surface area contributed by atoms with E-state index in [0.717, 1.165) is 70.6 Å². The maximum Gasteiger partial charge on any atom is 0.335 e. The molecule has 0 aliphatic carbocycles. The van der Waals surface area contributed by atoms with Crippen LogP contribution in [-0.2, 0) is 42.9 Å². The molecule has 1 fully saturated rings. The largest absolute Gasteiger partial charge is 0.479 e. The van der Waals surface area contributed by atoms with Crippen LogP contribution < -0.4 is 0 Å². The molecular formula is C63H110O12. The molecule has 1 heterocycles. The van der Waals surface area contributed by atoms with Gasteiger partial charge in [0.1, 0.15) is 18.8 Å². The fourth-order valence-electron chi connectivity index (χ4n) is 9.27. The Hall–Kier alpha value is -3.32. The summed E-state index contributed by atoms with van der Waals surface area (Å²) in [6, 6.07) is 0. The van der Waals surface area contributed by atoms with Crippen molar-refractivity contribution in [2.45, 2.75) is 314 Å². The molecule has 1 aliphatic heterocycles. The van der Waals surface area contributed by atoms with Crippen molar-refractivity contribution < 1.29 is 58.2 Å². The summed E-state index contributed by atoms with van der Waals surface area (Å²) in [7, 11) is 0. The van der Waals surface area contributed by atoms with Crippen LogP contribution >= 0.6 is 0 Å². The second kappa shape index (κ2) is 51.4. The van der Waals surface area contributed by atoms with E-state index >= 15 is 0 Å². The Bertz CT molecular complexity index is 1490. The quantitative estimate of drug-likeness (QED) is 0.0228. The lowest BCUT2D eigenvalue weighted by atomic mass is 9.98. The molecule has 434 valence electrons. The molecule has 0 aromatic rings. The van der Waals surface area contributed by atoms with E-state index in [9.17, 15) is 34.5 Å². The van der Waals surface area contributed by atoms with Crippen LogP contribution in [0, 0.1) is 0 Å². The van der Waals surface area contributed by atoms with Gasteiger partial charge in [0.25, 0.3) is 0 Å². The third-order valence-electron chi connectivity index (χ3n) is 13.9. The van der Waals surface area contributed by atoms with E-state index in [-0.39, 0.29) is 25.9 Å². The summed E-state index contributed by atoms with van der Waals surface area (Å²) < 4.78 is 28.4. The van der Waals surface area contributed by atoms with Crippen LogP contribution in [0.5, 0.6) is 0 Å². The molecule has 0 amide bonds. The van der Waals surface area contributed by atoms with E-state index in [1.54, 1.807) is 0 Å². The van der Waals surface area contributed by atoms with Gasteiger partial charge in [-0.3, -0.25) is 14.4 Å². The maximum atomic E-state index is 13.1.